The van der Waals surface area contributed by atoms with Gasteiger partial charge >= 0.3 is 0 Å². The fraction of sp³-hybridized carbons (Fsp3) is 0.846. The molecule has 2 amide bonds. The molecule has 3 aliphatic rings. The third-order valence-electron chi connectivity index (χ3n) is 4.43. The highest BCUT2D eigenvalue weighted by Crippen LogP contribution is 2.30. The standard InChI is InChI=1S/C13H21N3O2.ClH/c1-8(9-5-14-6-9)13(18)15-10-4-12(17)16(7-10)11-2-3-11;/h8-11,14H,2-7H2,1H3,(H,15,18);1H. The van der Waals surface area contributed by atoms with E-state index in [9.17, 15) is 9.59 Å². The molecule has 108 valence electrons. The average molecular weight is 288 g/mol. The predicted molar refractivity (Wildman–Crippen MR) is 74.1 cm³/mol. The second-order valence-electron chi connectivity index (χ2n) is 5.89. The molecule has 19 heavy (non-hydrogen) atoms. The Hall–Kier alpha value is -0.810. The van der Waals surface area contributed by atoms with E-state index < -0.39 is 0 Å². The number of hydrogen-bond acceptors (Lipinski definition) is 3. The summed E-state index contributed by atoms with van der Waals surface area (Å²) in [6.07, 6.45) is 2.75. The minimum Gasteiger partial charge on any atom is -0.351 e. The van der Waals surface area contributed by atoms with Gasteiger partial charge in [0.25, 0.3) is 0 Å². The summed E-state index contributed by atoms with van der Waals surface area (Å²) in [4.78, 5) is 25.8. The Balaban J connectivity index is 0.00000133. The zero-order valence-electron chi connectivity index (χ0n) is 11.2. The molecular weight excluding hydrogens is 266 g/mol. The van der Waals surface area contributed by atoms with Gasteiger partial charge in [0.1, 0.15) is 0 Å². The van der Waals surface area contributed by atoms with E-state index in [2.05, 4.69) is 10.6 Å². The fourth-order valence-electron chi connectivity index (χ4n) is 2.78. The molecule has 2 unspecified atom stereocenters. The van der Waals surface area contributed by atoms with E-state index in [-0.39, 0.29) is 36.2 Å². The Bertz CT molecular complexity index is 369. The van der Waals surface area contributed by atoms with E-state index in [1.807, 2.05) is 11.8 Å². The van der Waals surface area contributed by atoms with Crippen LogP contribution < -0.4 is 10.6 Å². The molecule has 3 rings (SSSR count). The summed E-state index contributed by atoms with van der Waals surface area (Å²) in [6.45, 7) is 4.57. The van der Waals surface area contributed by atoms with Crippen LogP contribution in [0.4, 0.5) is 0 Å². The number of nitrogens with zero attached hydrogens (tertiary/aromatic N) is 1. The van der Waals surface area contributed by atoms with Crippen molar-refractivity contribution >= 4 is 24.2 Å². The number of carbonyl (C=O) groups is 2. The quantitative estimate of drug-likeness (QED) is 0.773. The van der Waals surface area contributed by atoms with Gasteiger partial charge in [0.2, 0.25) is 11.8 Å². The minimum absolute atomic E-state index is 0. The molecule has 5 nitrogen and oxygen atoms in total. The van der Waals surface area contributed by atoms with Gasteiger partial charge in [-0.15, -0.1) is 12.4 Å². The van der Waals surface area contributed by atoms with Crippen molar-refractivity contribution in [3.05, 3.63) is 0 Å². The number of nitrogens with one attached hydrogen (secondary N) is 2. The summed E-state index contributed by atoms with van der Waals surface area (Å²) in [6, 6.07) is 0.494. The van der Waals surface area contributed by atoms with Crippen LogP contribution in [0.3, 0.4) is 0 Å². The summed E-state index contributed by atoms with van der Waals surface area (Å²) in [5.74, 6) is 0.829. The first kappa shape index (κ1) is 14.6. The summed E-state index contributed by atoms with van der Waals surface area (Å²) < 4.78 is 0. The summed E-state index contributed by atoms with van der Waals surface area (Å²) in [5.41, 5.74) is 0. The van der Waals surface area contributed by atoms with Crippen molar-refractivity contribution < 1.29 is 9.59 Å². The first-order valence-electron chi connectivity index (χ1n) is 6.95. The summed E-state index contributed by atoms with van der Waals surface area (Å²) in [7, 11) is 0. The molecule has 0 aromatic rings. The molecule has 0 spiro atoms. The molecule has 0 radical (unpaired) electrons. The van der Waals surface area contributed by atoms with Gasteiger partial charge in [0.15, 0.2) is 0 Å². The van der Waals surface area contributed by atoms with Crippen LogP contribution in [-0.4, -0.2) is 48.4 Å². The smallest absolute Gasteiger partial charge is 0.225 e. The van der Waals surface area contributed by atoms with Gasteiger partial charge in [-0.3, -0.25) is 9.59 Å². The van der Waals surface area contributed by atoms with Crippen LogP contribution in [0.1, 0.15) is 26.2 Å². The Morgan fingerprint density at radius 2 is 2.11 bits per heavy atom. The molecule has 2 heterocycles. The van der Waals surface area contributed by atoms with Crippen LogP contribution in [0.25, 0.3) is 0 Å². The lowest BCUT2D eigenvalue weighted by atomic mass is 9.88. The maximum Gasteiger partial charge on any atom is 0.225 e. The van der Waals surface area contributed by atoms with Gasteiger partial charge in [-0.25, -0.2) is 0 Å². The number of carbonyl (C=O) groups excluding carboxylic acids is 2. The van der Waals surface area contributed by atoms with Crippen LogP contribution in [0.2, 0.25) is 0 Å². The highest BCUT2D eigenvalue weighted by molar-refractivity contribution is 5.85. The number of rotatable bonds is 4. The van der Waals surface area contributed by atoms with E-state index in [1.54, 1.807) is 0 Å². The number of hydrogen-bond donors (Lipinski definition) is 2. The number of amides is 2. The molecule has 1 saturated carbocycles. The van der Waals surface area contributed by atoms with Crippen molar-refractivity contribution in [2.45, 2.75) is 38.3 Å². The Morgan fingerprint density at radius 3 is 2.63 bits per heavy atom. The lowest BCUT2D eigenvalue weighted by Gasteiger charge is -2.32. The topological polar surface area (TPSA) is 61.4 Å². The van der Waals surface area contributed by atoms with Crippen molar-refractivity contribution in [3.8, 4) is 0 Å². The van der Waals surface area contributed by atoms with Gasteiger partial charge in [-0.05, 0) is 31.8 Å². The second-order valence-corrected chi connectivity index (χ2v) is 5.89. The van der Waals surface area contributed by atoms with E-state index in [0.717, 1.165) is 25.9 Å². The normalized spacial score (nSPS) is 28.6. The van der Waals surface area contributed by atoms with E-state index in [4.69, 9.17) is 0 Å². The Kier molecular flexibility index (Phi) is 4.36. The number of halogens is 1. The lowest BCUT2D eigenvalue weighted by molar-refractivity contribution is -0.128. The van der Waals surface area contributed by atoms with Gasteiger partial charge in [0, 0.05) is 24.9 Å². The number of likely N-dealkylation sites (tertiary alicyclic amines) is 1. The van der Waals surface area contributed by atoms with Gasteiger partial charge in [-0.1, -0.05) is 6.92 Å². The average Bonchev–Trinajstić information content (AvgIpc) is 3.01. The summed E-state index contributed by atoms with van der Waals surface area (Å²) in [5, 5.41) is 6.23. The third-order valence-corrected chi connectivity index (χ3v) is 4.43. The molecule has 2 aliphatic heterocycles. The zero-order valence-corrected chi connectivity index (χ0v) is 12.0. The van der Waals surface area contributed by atoms with Crippen molar-refractivity contribution in [2.24, 2.45) is 11.8 Å². The van der Waals surface area contributed by atoms with Crippen molar-refractivity contribution in [2.75, 3.05) is 19.6 Å². The first-order chi connectivity index (χ1) is 8.65. The minimum atomic E-state index is 0. The van der Waals surface area contributed by atoms with E-state index in [0.29, 0.717) is 24.9 Å². The maximum atomic E-state index is 12.1. The van der Waals surface area contributed by atoms with Crippen LogP contribution in [-0.2, 0) is 9.59 Å². The summed E-state index contributed by atoms with van der Waals surface area (Å²) >= 11 is 0. The lowest BCUT2D eigenvalue weighted by Crippen LogP contribution is -2.51. The molecular formula is C13H22ClN3O2. The molecule has 2 saturated heterocycles. The van der Waals surface area contributed by atoms with E-state index >= 15 is 0 Å². The van der Waals surface area contributed by atoms with Crippen molar-refractivity contribution in [3.63, 3.8) is 0 Å². The van der Waals surface area contributed by atoms with E-state index in [1.165, 1.54) is 0 Å². The fourth-order valence-corrected chi connectivity index (χ4v) is 2.78. The molecule has 6 heteroatoms. The van der Waals surface area contributed by atoms with Crippen molar-refractivity contribution in [1.82, 2.24) is 15.5 Å². The Morgan fingerprint density at radius 1 is 1.42 bits per heavy atom. The van der Waals surface area contributed by atoms with Gasteiger partial charge in [0.05, 0.1) is 6.04 Å². The van der Waals surface area contributed by atoms with Crippen LogP contribution >= 0.6 is 12.4 Å². The molecule has 2 N–H and O–H groups in total. The van der Waals surface area contributed by atoms with Crippen LogP contribution in [0.15, 0.2) is 0 Å². The van der Waals surface area contributed by atoms with Gasteiger partial charge in [-0.2, -0.15) is 0 Å². The largest absolute Gasteiger partial charge is 0.351 e. The predicted octanol–water partition coefficient (Wildman–Crippen LogP) is 0.143. The molecule has 2 atom stereocenters. The monoisotopic (exact) mass is 287 g/mol. The van der Waals surface area contributed by atoms with Crippen LogP contribution in [0.5, 0.6) is 0 Å². The molecule has 0 aromatic heterocycles. The second kappa shape index (κ2) is 5.67. The molecule has 0 bridgehead atoms. The SMILES string of the molecule is CC(C(=O)NC1CC(=O)N(C2CC2)C1)C1CNC1.Cl. The molecule has 0 aromatic carbocycles. The third kappa shape index (κ3) is 3.03. The first-order valence-corrected chi connectivity index (χ1v) is 6.95. The van der Waals surface area contributed by atoms with Crippen LogP contribution in [0, 0.1) is 11.8 Å². The highest BCUT2D eigenvalue weighted by Gasteiger charge is 2.40. The highest BCUT2D eigenvalue weighted by atomic mass is 35.5. The van der Waals surface area contributed by atoms with Gasteiger partial charge < -0.3 is 15.5 Å². The van der Waals surface area contributed by atoms with Crippen molar-refractivity contribution in [1.29, 1.82) is 0 Å². The molecule has 3 fully saturated rings. The zero-order chi connectivity index (χ0) is 12.7. The maximum absolute atomic E-state index is 12.1. The Labute approximate surface area is 119 Å². The molecule has 1 aliphatic carbocycles.